The zero-order chi connectivity index (χ0) is 28.4. The Morgan fingerprint density at radius 2 is 1.64 bits per heavy atom. The molecule has 0 radical (unpaired) electrons. The lowest BCUT2D eigenvalue weighted by Gasteiger charge is -2.57. The second-order valence-corrected chi connectivity index (χ2v) is 21.4. The summed E-state index contributed by atoms with van der Waals surface area (Å²) in [4.78, 5) is 2.86. The van der Waals surface area contributed by atoms with Gasteiger partial charge in [-0.05, 0) is 112 Å². The first-order chi connectivity index (χ1) is 18.1. The largest absolute Gasteiger partial charge is 0.414 e. The Kier molecular flexibility index (Phi) is 7.33. The van der Waals surface area contributed by atoms with E-state index in [0.29, 0.717) is 23.9 Å². The highest BCUT2D eigenvalue weighted by Crippen LogP contribution is 2.64. The Morgan fingerprint density at radius 3 is 2.31 bits per heavy atom. The minimum atomic E-state index is -3.66. The molecule has 1 aromatic rings. The zero-order valence-electron chi connectivity index (χ0n) is 25.4. The van der Waals surface area contributed by atoms with E-state index in [4.69, 9.17) is 4.43 Å². The van der Waals surface area contributed by atoms with Crippen molar-refractivity contribution in [2.24, 2.45) is 33.7 Å². The lowest BCUT2D eigenvalue weighted by atomic mass is 9.48. The molecule has 5 nitrogen and oxygen atoms in total. The van der Waals surface area contributed by atoms with E-state index in [2.05, 4.69) is 63.7 Å². The van der Waals surface area contributed by atoms with E-state index in [1.54, 1.807) is 17.7 Å². The normalized spacial score (nSPS) is 36.1. The van der Waals surface area contributed by atoms with E-state index in [-0.39, 0.29) is 20.8 Å². The molecule has 4 aliphatic rings. The number of rotatable bonds is 5. The van der Waals surface area contributed by atoms with Crippen LogP contribution in [0.1, 0.15) is 91.5 Å². The molecule has 1 N–H and O–H groups in total. The van der Waals surface area contributed by atoms with Gasteiger partial charge >= 0.3 is 0 Å². The minimum Gasteiger partial charge on any atom is -0.414 e. The number of hydrogen-bond acceptors (Lipinski definition) is 4. The van der Waals surface area contributed by atoms with Crippen molar-refractivity contribution in [1.29, 1.82) is 0 Å². The third-order valence-electron chi connectivity index (χ3n) is 11.7. The number of allylic oxidation sites excluding steroid dienone is 1. The molecular formula is C32H50N2O3SSi. The van der Waals surface area contributed by atoms with Crippen LogP contribution in [0.3, 0.4) is 0 Å². The van der Waals surface area contributed by atoms with Crippen LogP contribution in [-0.4, -0.2) is 28.6 Å². The lowest BCUT2D eigenvalue weighted by molar-refractivity contribution is -0.0194. The molecule has 7 heteroatoms. The predicted molar refractivity (Wildman–Crippen MR) is 163 cm³/mol. The molecule has 0 spiro atoms. The highest BCUT2D eigenvalue weighted by atomic mass is 32.2. The molecule has 0 heterocycles. The van der Waals surface area contributed by atoms with Crippen LogP contribution in [0.5, 0.6) is 0 Å². The molecule has 0 aliphatic heterocycles. The smallest absolute Gasteiger partial charge is 0.276 e. The fourth-order valence-electron chi connectivity index (χ4n) is 8.18. The summed E-state index contributed by atoms with van der Waals surface area (Å²) >= 11 is 0. The standard InChI is InChI=1S/C32H50N2O3SSi/c1-22-9-12-25(13-10-22)38(35,36)34-33-29-16-15-27-26-14-11-23-21-24(37-39(7,8)30(2,3)4)17-19-31(23,5)28(26)18-20-32(27,29)6/h9-13,24,26-28,34H,14-21H2,1-8H3/b33-29+/t24-,26?,27?,28?,31-,32-/m0/s1. The molecule has 3 unspecified atom stereocenters. The van der Waals surface area contributed by atoms with Gasteiger partial charge in [0.15, 0.2) is 8.32 Å². The summed E-state index contributed by atoms with van der Waals surface area (Å²) in [6.45, 7) is 18.6. The van der Waals surface area contributed by atoms with Crippen molar-refractivity contribution in [3.63, 3.8) is 0 Å². The molecule has 39 heavy (non-hydrogen) atoms. The van der Waals surface area contributed by atoms with Crippen molar-refractivity contribution in [3.8, 4) is 0 Å². The van der Waals surface area contributed by atoms with Gasteiger partial charge in [0.25, 0.3) is 10.0 Å². The Morgan fingerprint density at radius 1 is 1.00 bits per heavy atom. The molecule has 0 saturated heterocycles. The van der Waals surface area contributed by atoms with Gasteiger partial charge in [0.1, 0.15) is 0 Å². The van der Waals surface area contributed by atoms with Crippen LogP contribution in [0.25, 0.3) is 0 Å². The molecule has 0 bridgehead atoms. The number of benzene rings is 1. The van der Waals surface area contributed by atoms with Gasteiger partial charge in [-0.25, -0.2) is 4.83 Å². The van der Waals surface area contributed by atoms with Crippen LogP contribution in [-0.2, 0) is 14.4 Å². The Hall–Kier alpha value is -1.44. The maximum absolute atomic E-state index is 12.9. The highest BCUT2D eigenvalue weighted by molar-refractivity contribution is 7.89. The van der Waals surface area contributed by atoms with Crippen LogP contribution in [0.4, 0.5) is 0 Å². The fraction of sp³-hybridized carbons (Fsp3) is 0.719. The maximum Gasteiger partial charge on any atom is 0.276 e. The topological polar surface area (TPSA) is 67.8 Å². The van der Waals surface area contributed by atoms with Gasteiger partial charge in [-0.15, -0.1) is 0 Å². The van der Waals surface area contributed by atoms with Crippen molar-refractivity contribution in [2.75, 3.05) is 0 Å². The zero-order valence-corrected chi connectivity index (χ0v) is 27.2. The molecule has 4 aliphatic carbocycles. The first-order valence-electron chi connectivity index (χ1n) is 15.1. The third kappa shape index (κ3) is 5.10. The molecular weight excluding hydrogens is 521 g/mol. The van der Waals surface area contributed by atoms with Gasteiger partial charge in [-0.1, -0.05) is 64.0 Å². The minimum absolute atomic E-state index is 0.0265. The van der Waals surface area contributed by atoms with Crippen LogP contribution in [0.2, 0.25) is 18.1 Å². The molecule has 0 aromatic heterocycles. The number of fused-ring (bicyclic) bond motifs is 5. The van der Waals surface area contributed by atoms with E-state index in [0.717, 1.165) is 43.4 Å². The molecule has 5 rings (SSSR count). The van der Waals surface area contributed by atoms with Gasteiger partial charge in [0.2, 0.25) is 0 Å². The summed E-state index contributed by atoms with van der Waals surface area (Å²) in [5, 5.41) is 4.84. The molecule has 0 amide bonds. The summed E-state index contributed by atoms with van der Waals surface area (Å²) in [6.07, 6.45) is 11.9. The summed E-state index contributed by atoms with van der Waals surface area (Å²) < 4.78 is 32.7. The van der Waals surface area contributed by atoms with E-state index < -0.39 is 18.3 Å². The summed E-state index contributed by atoms with van der Waals surface area (Å²) in [5.74, 6) is 1.92. The van der Waals surface area contributed by atoms with Crippen LogP contribution >= 0.6 is 0 Å². The summed E-state index contributed by atoms with van der Waals surface area (Å²) in [5.41, 5.74) is 3.98. The van der Waals surface area contributed by atoms with Crippen molar-refractivity contribution in [2.45, 2.75) is 122 Å². The number of hydrazone groups is 1. The number of nitrogens with one attached hydrogen (secondary N) is 1. The van der Waals surface area contributed by atoms with Crippen LogP contribution < -0.4 is 4.83 Å². The van der Waals surface area contributed by atoms with Crippen molar-refractivity contribution in [3.05, 3.63) is 41.5 Å². The molecule has 1 aromatic carbocycles. The van der Waals surface area contributed by atoms with Crippen LogP contribution in [0, 0.1) is 35.5 Å². The van der Waals surface area contributed by atoms with E-state index in [1.807, 2.05) is 19.1 Å². The average Bonchev–Trinajstić information content (AvgIpc) is 3.19. The van der Waals surface area contributed by atoms with Gasteiger partial charge in [-0.2, -0.15) is 13.5 Å². The average molecular weight is 571 g/mol. The van der Waals surface area contributed by atoms with Crippen LogP contribution in [0.15, 0.2) is 45.9 Å². The van der Waals surface area contributed by atoms with Crippen molar-refractivity contribution < 1.29 is 12.8 Å². The van der Waals surface area contributed by atoms with Gasteiger partial charge in [0.05, 0.1) is 4.90 Å². The van der Waals surface area contributed by atoms with Gasteiger partial charge < -0.3 is 4.43 Å². The lowest BCUT2D eigenvalue weighted by Crippen LogP contribution is -2.52. The summed E-state index contributed by atoms with van der Waals surface area (Å²) in [6, 6.07) is 6.96. The maximum atomic E-state index is 12.9. The van der Waals surface area contributed by atoms with Crippen molar-refractivity contribution >= 4 is 24.1 Å². The number of sulfonamides is 1. The quantitative estimate of drug-likeness (QED) is 0.222. The predicted octanol–water partition coefficient (Wildman–Crippen LogP) is 7.98. The second-order valence-electron chi connectivity index (χ2n) is 15.0. The molecule has 6 atom stereocenters. The highest BCUT2D eigenvalue weighted by Gasteiger charge is 2.58. The number of nitrogens with zero attached hydrogens (tertiary/aromatic N) is 1. The van der Waals surface area contributed by atoms with Gasteiger partial charge in [-0.3, -0.25) is 0 Å². The second kappa shape index (κ2) is 9.83. The number of hydrogen-bond donors (Lipinski definition) is 1. The SMILES string of the molecule is Cc1ccc(S(=O)(=O)N/N=C2\CCC3C4CC=C5C[C@@H](O[Si](C)(C)C(C)(C)C)CC[C@]5(C)C4CC[C@]23C)cc1. The number of aryl methyl sites for hydroxylation is 1. The Bertz CT molecular complexity index is 1260. The summed E-state index contributed by atoms with van der Waals surface area (Å²) in [7, 11) is -5.44. The van der Waals surface area contributed by atoms with E-state index >= 15 is 0 Å². The molecule has 3 fully saturated rings. The fourth-order valence-corrected chi connectivity index (χ4v) is 10.4. The van der Waals surface area contributed by atoms with Gasteiger partial charge in [0, 0.05) is 17.2 Å². The third-order valence-corrected chi connectivity index (χ3v) is 17.5. The first kappa shape index (κ1) is 29.1. The molecule has 3 saturated carbocycles. The molecule has 216 valence electrons. The first-order valence-corrected chi connectivity index (χ1v) is 19.5. The van der Waals surface area contributed by atoms with E-state index in [9.17, 15) is 8.42 Å². The van der Waals surface area contributed by atoms with E-state index in [1.165, 1.54) is 19.3 Å². The Balaban J connectivity index is 1.31. The van der Waals surface area contributed by atoms with Crippen molar-refractivity contribution in [1.82, 2.24) is 4.83 Å². The monoisotopic (exact) mass is 570 g/mol. The Labute approximate surface area is 238 Å².